The van der Waals surface area contributed by atoms with Crippen molar-refractivity contribution in [1.82, 2.24) is 4.57 Å². The molecule has 5 heteroatoms. The lowest BCUT2D eigenvalue weighted by molar-refractivity contribution is 0.191. The molecule has 0 amide bonds. The standard InChI is InChI=1S/C27H30N2O2.C4H10O.C2H6/c1-4-6-22-14-24(15-23(17-28)27(22)30-5-2)29-12-11-21-16-25(9-10-26(21)29)31-18-20-8-7-19(3)13-20;1-3-4(2)5;1-2/h7,9-12,14-16,20H,4-6,8,13,18H2,1-3H3;4-5H,3H2,1-2H3;1-2H3. The first-order chi connectivity index (χ1) is 18.4. The lowest BCUT2D eigenvalue weighted by Gasteiger charge is -2.15. The van der Waals surface area contributed by atoms with Crippen molar-refractivity contribution >= 4 is 10.9 Å². The van der Waals surface area contributed by atoms with Gasteiger partial charge in [0.25, 0.3) is 0 Å². The van der Waals surface area contributed by atoms with Crippen LogP contribution in [0.25, 0.3) is 16.6 Å². The number of aliphatic hydroxyl groups excluding tert-OH is 1. The van der Waals surface area contributed by atoms with E-state index in [4.69, 9.17) is 14.6 Å². The molecule has 4 rings (SSSR count). The Labute approximate surface area is 229 Å². The van der Waals surface area contributed by atoms with E-state index >= 15 is 0 Å². The summed E-state index contributed by atoms with van der Waals surface area (Å²) < 4.78 is 14.0. The smallest absolute Gasteiger partial charge is 0.140 e. The number of aliphatic hydroxyl groups is 1. The third-order valence-electron chi connectivity index (χ3n) is 6.51. The number of allylic oxidation sites excluding steroid dienone is 2. The molecule has 2 aromatic carbocycles. The van der Waals surface area contributed by atoms with Gasteiger partial charge in [0.05, 0.1) is 30.4 Å². The first-order valence-electron chi connectivity index (χ1n) is 14.2. The van der Waals surface area contributed by atoms with Crippen LogP contribution in [0.2, 0.25) is 0 Å². The summed E-state index contributed by atoms with van der Waals surface area (Å²) in [5, 5.41) is 19.2. The summed E-state index contributed by atoms with van der Waals surface area (Å²) in [7, 11) is 0. The fourth-order valence-electron chi connectivity index (χ4n) is 4.43. The molecule has 1 aromatic heterocycles. The van der Waals surface area contributed by atoms with Crippen molar-refractivity contribution in [3.05, 3.63) is 65.4 Å². The molecule has 38 heavy (non-hydrogen) atoms. The minimum atomic E-state index is -0.116. The van der Waals surface area contributed by atoms with Crippen molar-refractivity contribution in [1.29, 1.82) is 5.26 Å². The summed E-state index contributed by atoms with van der Waals surface area (Å²) in [6.07, 6.45) is 9.25. The highest BCUT2D eigenvalue weighted by Gasteiger charge is 2.16. The fraction of sp³-hybridized carbons (Fsp3) is 0.485. The number of ether oxygens (including phenoxy) is 2. The maximum Gasteiger partial charge on any atom is 0.140 e. The fourth-order valence-corrected chi connectivity index (χ4v) is 4.43. The predicted molar refractivity (Wildman–Crippen MR) is 158 cm³/mol. The Morgan fingerprint density at radius 2 is 1.84 bits per heavy atom. The molecule has 206 valence electrons. The molecule has 0 fully saturated rings. The second kappa shape index (κ2) is 15.9. The molecule has 0 aliphatic heterocycles. The van der Waals surface area contributed by atoms with Gasteiger partial charge in [-0.15, -0.1) is 0 Å². The van der Waals surface area contributed by atoms with Crippen molar-refractivity contribution in [3.63, 3.8) is 0 Å². The number of rotatable bonds is 9. The van der Waals surface area contributed by atoms with Crippen LogP contribution in [0, 0.1) is 17.2 Å². The van der Waals surface area contributed by atoms with E-state index in [1.165, 1.54) is 5.57 Å². The van der Waals surface area contributed by atoms with Crippen LogP contribution in [0.5, 0.6) is 11.5 Å². The molecule has 0 spiro atoms. The van der Waals surface area contributed by atoms with E-state index in [1.54, 1.807) is 6.92 Å². The molecule has 0 radical (unpaired) electrons. The summed E-state index contributed by atoms with van der Waals surface area (Å²) in [6.45, 7) is 15.3. The number of nitrogens with zero attached hydrogens (tertiary/aromatic N) is 2. The number of hydrogen-bond acceptors (Lipinski definition) is 4. The van der Waals surface area contributed by atoms with Crippen LogP contribution < -0.4 is 9.47 Å². The molecule has 1 aliphatic carbocycles. The molecule has 0 saturated carbocycles. The molecule has 1 aliphatic rings. The summed E-state index contributed by atoms with van der Waals surface area (Å²) in [4.78, 5) is 0. The second-order valence-corrected chi connectivity index (χ2v) is 9.61. The first-order valence-corrected chi connectivity index (χ1v) is 14.2. The zero-order chi connectivity index (χ0) is 28.1. The largest absolute Gasteiger partial charge is 0.493 e. The van der Waals surface area contributed by atoms with E-state index in [9.17, 15) is 5.26 Å². The summed E-state index contributed by atoms with van der Waals surface area (Å²) in [5.41, 5.74) is 5.22. The Morgan fingerprint density at radius 1 is 1.11 bits per heavy atom. The molecular formula is C33H46N2O3. The van der Waals surface area contributed by atoms with Crippen molar-refractivity contribution in [2.75, 3.05) is 13.2 Å². The van der Waals surface area contributed by atoms with Gasteiger partial charge in [0.2, 0.25) is 0 Å². The van der Waals surface area contributed by atoms with E-state index in [-0.39, 0.29) is 6.10 Å². The highest BCUT2D eigenvalue weighted by molar-refractivity contribution is 5.83. The molecule has 1 N–H and O–H groups in total. The third kappa shape index (κ3) is 8.39. The second-order valence-electron chi connectivity index (χ2n) is 9.61. The van der Waals surface area contributed by atoms with Crippen molar-refractivity contribution in [2.24, 2.45) is 5.92 Å². The number of nitriles is 1. The zero-order valence-corrected chi connectivity index (χ0v) is 24.4. The summed E-state index contributed by atoms with van der Waals surface area (Å²) >= 11 is 0. The quantitative estimate of drug-likeness (QED) is 0.289. The molecular weight excluding hydrogens is 472 g/mol. The first kappa shape index (κ1) is 31.0. The van der Waals surface area contributed by atoms with Gasteiger partial charge in [-0.05, 0) is 88.4 Å². The van der Waals surface area contributed by atoms with Crippen molar-refractivity contribution in [2.45, 2.75) is 86.7 Å². The maximum atomic E-state index is 9.72. The highest BCUT2D eigenvalue weighted by atomic mass is 16.5. The summed E-state index contributed by atoms with van der Waals surface area (Å²) in [5.74, 6) is 2.22. The average Bonchev–Trinajstić information content (AvgIpc) is 3.55. The Morgan fingerprint density at radius 3 is 2.42 bits per heavy atom. The molecule has 2 atom stereocenters. The molecule has 5 nitrogen and oxygen atoms in total. The molecule has 3 aromatic rings. The van der Waals surface area contributed by atoms with Crippen LogP contribution >= 0.6 is 0 Å². The highest BCUT2D eigenvalue weighted by Crippen LogP contribution is 2.32. The van der Waals surface area contributed by atoms with E-state index in [2.05, 4.69) is 61.0 Å². The van der Waals surface area contributed by atoms with Gasteiger partial charge in [0.1, 0.15) is 17.6 Å². The van der Waals surface area contributed by atoms with Gasteiger partial charge in [0.15, 0.2) is 0 Å². The molecule has 0 bridgehead atoms. The van der Waals surface area contributed by atoms with Gasteiger partial charge in [0, 0.05) is 23.2 Å². The number of benzene rings is 2. The predicted octanol–water partition coefficient (Wildman–Crippen LogP) is 8.39. The van der Waals surface area contributed by atoms with Gasteiger partial charge in [-0.1, -0.05) is 45.8 Å². The van der Waals surface area contributed by atoms with Crippen LogP contribution in [-0.4, -0.2) is 29.0 Å². The van der Waals surface area contributed by atoms with Crippen LogP contribution in [0.15, 0.2) is 54.2 Å². The minimum absolute atomic E-state index is 0.116. The number of aromatic nitrogens is 1. The number of hydrogen-bond donors (Lipinski definition) is 1. The van der Waals surface area contributed by atoms with Crippen LogP contribution in [-0.2, 0) is 6.42 Å². The normalized spacial score (nSPS) is 14.9. The maximum absolute atomic E-state index is 9.72. The lowest BCUT2D eigenvalue weighted by Crippen LogP contribution is -2.08. The van der Waals surface area contributed by atoms with Crippen molar-refractivity contribution in [3.8, 4) is 23.3 Å². The van der Waals surface area contributed by atoms with Crippen LogP contribution in [0.4, 0.5) is 0 Å². The Hall–Kier alpha value is -3.23. The average molecular weight is 519 g/mol. The Kier molecular flexibility index (Phi) is 13.0. The van der Waals surface area contributed by atoms with E-state index in [1.807, 2.05) is 39.8 Å². The monoisotopic (exact) mass is 518 g/mol. The minimum Gasteiger partial charge on any atom is -0.493 e. The van der Waals surface area contributed by atoms with Gasteiger partial charge < -0.3 is 19.1 Å². The number of fused-ring (bicyclic) bond motifs is 1. The van der Waals surface area contributed by atoms with Crippen LogP contribution in [0.1, 0.15) is 85.3 Å². The zero-order valence-electron chi connectivity index (χ0n) is 24.4. The van der Waals surface area contributed by atoms with E-state index < -0.39 is 0 Å². The van der Waals surface area contributed by atoms with Gasteiger partial charge >= 0.3 is 0 Å². The topological polar surface area (TPSA) is 67.4 Å². The van der Waals surface area contributed by atoms with Gasteiger partial charge in [-0.2, -0.15) is 5.26 Å². The summed E-state index contributed by atoms with van der Waals surface area (Å²) in [6, 6.07) is 14.7. The Bertz CT molecular complexity index is 1220. The molecule has 1 heterocycles. The SMILES string of the molecule is CC.CCC(C)O.CCCc1cc(-n2ccc3cc(OCC4CC=C(C)C4)ccc32)cc(C#N)c1OCC. The Balaban J connectivity index is 0.000000651. The molecule has 2 unspecified atom stereocenters. The van der Waals surface area contributed by atoms with Gasteiger partial charge in [-0.3, -0.25) is 0 Å². The van der Waals surface area contributed by atoms with Gasteiger partial charge in [-0.25, -0.2) is 0 Å². The number of aryl methyl sites for hydroxylation is 1. The van der Waals surface area contributed by atoms with Crippen LogP contribution in [0.3, 0.4) is 0 Å². The lowest BCUT2D eigenvalue weighted by atomic mass is 10.0. The van der Waals surface area contributed by atoms with E-state index in [0.29, 0.717) is 18.1 Å². The molecule has 0 saturated heterocycles. The van der Waals surface area contributed by atoms with Crippen molar-refractivity contribution < 1.29 is 14.6 Å². The third-order valence-corrected chi connectivity index (χ3v) is 6.51. The van der Waals surface area contributed by atoms with E-state index in [0.717, 1.165) is 72.4 Å².